The maximum Gasteiger partial charge on any atom is 0.225 e. The van der Waals surface area contributed by atoms with E-state index in [1.165, 1.54) is 6.92 Å². The highest BCUT2D eigenvalue weighted by Gasteiger charge is 2.32. The van der Waals surface area contributed by atoms with E-state index in [4.69, 9.17) is 0 Å². The Morgan fingerprint density at radius 2 is 1.83 bits per heavy atom. The van der Waals surface area contributed by atoms with Crippen LogP contribution in [0.15, 0.2) is 24.3 Å². The predicted molar refractivity (Wildman–Crippen MR) is 95.2 cm³/mol. The first-order valence-corrected chi connectivity index (χ1v) is 8.72. The molecule has 1 saturated heterocycles. The van der Waals surface area contributed by atoms with Gasteiger partial charge in [0.15, 0.2) is 5.78 Å². The van der Waals surface area contributed by atoms with Crippen LogP contribution in [0.4, 0.5) is 5.69 Å². The molecule has 1 fully saturated rings. The molecule has 2 rings (SSSR count). The molecule has 0 saturated carbocycles. The van der Waals surface area contributed by atoms with E-state index in [0.29, 0.717) is 17.7 Å². The number of amides is 1. The number of nitrogens with zero attached hydrogens (tertiary/aromatic N) is 1. The topological polar surface area (TPSA) is 69.6 Å². The number of Topliss-reactive ketones (excluding diaryl/α,β-unsaturated/α-hetero) is 1. The lowest BCUT2D eigenvalue weighted by molar-refractivity contribution is -0.116. The fourth-order valence-electron chi connectivity index (χ4n) is 3.15. The number of likely N-dealkylation sites (tertiary alicyclic amines) is 1. The highest BCUT2D eigenvalue weighted by molar-refractivity contribution is 5.95. The predicted octanol–water partition coefficient (Wildman–Crippen LogP) is 2.70. The van der Waals surface area contributed by atoms with E-state index in [1.807, 2.05) is 0 Å². The molecule has 0 atom stereocenters. The fourth-order valence-corrected chi connectivity index (χ4v) is 3.15. The van der Waals surface area contributed by atoms with E-state index < -0.39 is 0 Å². The molecule has 1 heterocycles. The van der Waals surface area contributed by atoms with E-state index in [1.54, 1.807) is 24.3 Å². The SMILES string of the molecule is CCC1(CO)CCN(CCC(=O)Nc2ccc(C(C)=O)cc2)CC1. The minimum Gasteiger partial charge on any atom is -0.396 e. The second-order valence-electron chi connectivity index (χ2n) is 6.79. The average molecular weight is 332 g/mol. The zero-order valence-corrected chi connectivity index (χ0v) is 14.7. The maximum atomic E-state index is 12.1. The molecule has 1 aromatic rings. The average Bonchev–Trinajstić information content (AvgIpc) is 2.61. The van der Waals surface area contributed by atoms with Crippen LogP contribution in [0, 0.1) is 5.41 Å². The molecule has 1 aliphatic heterocycles. The van der Waals surface area contributed by atoms with Gasteiger partial charge in [-0.25, -0.2) is 0 Å². The number of ketones is 1. The summed E-state index contributed by atoms with van der Waals surface area (Å²) in [5, 5.41) is 12.4. The molecule has 5 heteroatoms. The van der Waals surface area contributed by atoms with E-state index in [-0.39, 0.29) is 23.7 Å². The van der Waals surface area contributed by atoms with Crippen LogP contribution in [0.2, 0.25) is 0 Å². The molecule has 0 aromatic heterocycles. The van der Waals surface area contributed by atoms with Gasteiger partial charge in [0.2, 0.25) is 5.91 Å². The monoisotopic (exact) mass is 332 g/mol. The highest BCUT2D eigenvalue weighted by atomic mass is 16.3. The normalized spacial score (nSPS) is 17.5. The van der Waals surface area contributed by atoms with Crippen LogP contribution in [-0.2, 0) is 4.79 Å². The zero-order chi connectivity index (χ0) is 17.6. The van der Waals surface area contributed by atoms with Gasteiger partial charge in [-0.3, -0.25) is 9.59 Å². The Hall–Kier alpha value is -1.72. The number of aliphatic hydroxyl groups excluding tert-OH is 1. The highest BCUT2D eigenvalue weighted by Crippen LogP contribution is 2.34. The van der Waals surface area contributed by atoms with Crippen molar-refractivity contribution in [2.24, 2.45) is 5.41 Å². The fraction of sp³-hybridized carbons (Fsp3) is 0.579. The molecule has 1 aliphatic rings. The molecular formula is C19H28N2O3. The van der Waals surface area contributed by atoms with Crippen molar-refractivity contribution >= 4 is 17.4 Å². The third-order valence-electron chi connectivity index (χ3n) is 5.23. The molecule has 24 heavy (non-hydrogen) atoms. The van der Waals surface area contributed by atoms with Crippen molar-refractivity contribution in [2.45, 2.75) is 39.5 Å². The molecular weight excluding hydrogens is 304 g/mol. The number of hydrogen-bond donors (Lipinski definition) is 2. The summed E-state index contributed by atoms with van der Waals surface area (Å²) >= 11 is 0. The number of carbonyl (C=O) groups is 2. The standard InChI is InChI=1S/C19H28N2O3/c1-3-19(14-22)9-12-21(13-10-19)11-8-18(24)20-17-6-4-16(5-7-17)15(2)23/h4-7,22H,3,8-14H2,1-2H3,(H,20,24). The van der Waals surface area contributed by atoms with Gasteiger partial charge in [-0.1, -0.05) is 6.92 Å². The van der Waals surface area contributed by atoms with Gasteiger partial charge in [0.1, 0.15) is 0 Å². The van der Waals surface area contributed by atoms with Crippen molar-refractivity contribution in [3.05, 3.63) is 29.8 Å². The number of piperidine rings is 1. The van der Waals surface area contributed by atoms with Gasteiger partial charge in [0, 0.05) is 30.8 Å². The van der Waals surface area contributed by atoms with Gasteiger partial charge in [0.25, 0.3) is 0 Å². The lowest BCUT2D eigenvalue weighted by Gasteiger charge is -2.40. The van der Waals surface area contributed by atoms with E-state index >= 15 is 0 Å². The zero-order valence-electron chi connectivity index (χ0n) is 14.7. The molecule has 0 aliphatic carbocycles. The van der Waals surface area contributed by atoms with Gasteiger partial charge < -0.3 is 15.3 Å². The molecule has 5 nitrogen and oxygen atoms in total. The van der Waals surface area contributed by atoms with E-state index in [9.17, 15) is 14.7 Å². The second kappa shape index (κ2) is 8.40. The lowest BCUT2D eigenvalue weighted by Crippen LogP contribution is -2.42. The Bertz CT molecular complexity index is 554. The van der Waals surface area contributed by atoms with Gasteiger partial charge in [-0.05, 0) is 69.0 Å². The first kappa shape index (κ1) is 18.6. The number of anilines is 1. The first-order valence-electron chi connectivity index (χ1n) is 8.72. The van der Waals surface area contributed by atoms with Gasteiger partial charge in [0.05, 0.1) is 0 Å². The van der Waals surface area contributed by atoms with Gasteiger partial charge >= 0.3 is 0 Å². The van der Waals surface area contributed by atoms with Crippen LogP contribution < -0.4 is 5.32 Å². The summed E-state index contributed by atoms with van der Waals surface area (Å²) in [5.41, 5.74) is 1.44. The summed E-state index contributed by atoms with van der Waals surface area (Å²) in [5.74, 6) is 0.00377. The Morgan fingerprint density at radius 1 is 1.21 bits per heavy atom. The molecule has 132 valence electrons. The van der Waals surface area contributed by atoms with Gasteiger partial charge in [-0.15, -0.1) is 0 Å². The number of benzene rings is 1. The lowest BCUT2D eigenvalue weighted by atomic mass is 9.77. The van der Waals surface area contributed by atoms with E-state index in [2.05, 4.69) is 17.1 Å². The number of aliphatic hydroxyl groups is 1. The largest absolute Gasteiger partial charge is 0.396 e. The van der Waals surface area contributed by atoms with Crippen molar-refractivity contribution in [3.63, 3.8) is 0 Å². The molecule has 0 spiro atoms. The van der Waals surface area contributed by atoms with Crippen LogP contribution in [0.5, 0.6) is 0 Å². The molecule has 2 N–H and O–H groups in total. The third-order valence-corrected chi connectivity index (χ3v) is 5.23. The maximum absolute atomic E-state index is 12.1. The van der Waals surface area contributed by atoms with Gasteiger partial charge in [-0.2, -0.15) is 0 Å². The Kier molecular flexibility index (Phi) is 6.52. The minimum atomic E-state index is -0.0138. The van der Waals surface area contributed by atoms with Crippen LogP contribution in [-0.4, -0.2) is 47.9 Å². The summed E-state index contributed by atoms with van der Waals surface area (Å²) in [6.07, 6.45) is 3.45. The number of rotatable bonds is 7. The minimum absolute atomic E-state index is 0.0138. The van der Waals surface area contributed by atoms with Crippen LogP contribution in [0.1, 0.15) is 49.9 Å². The molecule has 0 radical (unpaired) electrons. The summed E-state index contributed by atoms with van der Waals surface area (Å²) in [7, 11) is 0. The smallest absolute Gasteiger partial charge is 0.225 e. The number of hydrogen-bond acceptors (Lipinski definition) is 4. The second-order valence-corrected chi connectivity index (χ2v) is 6.79. The van der Waals surface area contributed by atoms with Crippen molar-refractivity contribution in [1.29, 1.82) is 0 Å². The van der Waals surface area contributed by atoms with Crippen molar-refractivity contribution in [1.82, 2.24) is 4.90 Å². The Balaban J connectivity index is 1.75. The number of nitrogens with one attached hydrogen (secondary N) is 1. The van der Waals surface area contributed by atoms with Crippen molar-refractivity contribution in [2.75, 3.05) is 31.6 Å². The summed E-state index contributed by atoms with van der Waals surface area (Å²) < 4.78 is 0. The van der Waals surface area contributed by atoms with Crippen molar-refractivity contribution in [3.8, 4) is 0 Å². The molecule has 1 aromatic carbocycles. The summed E-state index contributed by atoms with van der Waals surface area (Å²) in [6.45, 7) is 6.54. The van der Waals surface area contributed by atoms with Crippen LogP contribution >= 0.6 is 0 Å². The molecule has 1 amide bonds. The third kappa shape index (κ3) is 4.89. The first-order chi connectivity index (χ1) is 11.5. The van der Waals surface area contributed by atoms with Crippen molar-refractivity contribution < 1.29 is 14.7 Å². The van der Waals surface area contributed by atoms with E-state index in [0.717, 1.165) is 38.9 Å². The Labute approximate surface area is 144 Å². The molecule has 0 unspecified atom stereocenters. The summed E-state index contributed by atoms with van der Waals surface area (Å²) in [4.78, 5) is 25.6. The summed E-state index contributed by atoms with van der Waals surface area (Å²) in [6, 6.07) is 6.96. The number of carbonyl (C=O) groups excluding carboxylic acids is 2. The van der Waals surface area contributed by atoms with Crippen LogP contribution in [0.25, 0.3) is 0 Å². The molecule has 0 bridgehead atoms. The quantitative estimate of drug-likeness (QED) is 0.753. The van der Waals surface area contributed by atoms with Crippen LogP contribution in [0.3, 0.4) is 0 Å². The Morgan fingerprint density at radius 3 is 2.33 bits per heavy atom.